The predicted molar refractivity (Wildman–Crippen MR) is 131 cm³/mol. The van der Waals surface area contributed by atoms with E-state index in [0.29, 0.717) is 11.9 Å². The molecular formula is C26H24N6O. The van der Waals surface area contributed by atoms with E-state index >= 15 is 0 Å². The van der Waals surface area contributed by atoms with Gasteiger partial charge in [0.15, 0.2) is 0 Å². The van der Waals surface area contributed by atoms with Gasteiger partial charge in [0, 0.05) is 28.8 Å². The third-order valence-electron chi connectivity index (χ3n) is 6.18. The number of hydrogen-bond donors (Lipinski definition) is 2. The Morgan fingerprint density at radius 1 is 0.970 bits per heavy atom. The number of amides is 1. The number of nitrogens with two attached hydrogens (primary N) is 2. The SMILES string of the molecule is NC=O.Nc1ncnc2c1c(-c1ccc3ccc(-c4ccccc4)nc3c1)cn2C1CCC1. The van der Waals surface area contributed by atoms with Gasteiger partial charge in [-0.1, -0.05) is 48.5 Å². The number of fused-ring (bicyclic) bond motifs is 2. The van der Waals surface area contributed by atoms with Crippen molar-refractivity contribution in [3.05, 3.63) is 73.2 Å². The van der Waals surface area contributed by atoms with Crippen LogP contribution in [0.2, 0.25) is 0 Å². The van der Waals surface area contributed by atoms with Gasteiger partial charge in [-0.15, -0.1) is 0 Å². The zero-order valence-corrected chi connectivity index (χ0v) is 18.1. The number of nitrogens with zero attached hydrogens (tertiary/aromatic N) is 4. The van der Waals surface area contributed by atoms with Gasteiger partial charge >= 0.3 is 0 Å². The van der Waals surface area contributed by atoms with Crippen LogP contribution in [0, 0.1) is 0 Å². The highest BCUT2D eigenvalue weighted by molar-refractivity contribution is 6.02. The molecule has 0 saturated heterocycles. The van der Waals surface area contributed by atoms with Crippen LogP contribution >= 0.6 is 0 Å². The summed E-state index contributed by atoms with van der Waals surface area (Å²) in [6.07, 6.45) is 7.65. The van der Waals surface area contributed by atoms with Gasteiger partial charge in [0.25, 0.3) is 0 Å². The maximum absolute atomic E-state index is 8.58. The van der Waals surface area contributed by atoms with Crippen LogP contribution in [0.3, 0.4) is 0 Å². The number of benzene rings is 2. The average Bonchev–Trinajstić information content (AvgIpc) is 3.19. The maximum Gasteiger partial charge on any atom is 0.204 e. The smallest absolute Gasteiger partial charge is 0.204 e. The van der Waals surface area contributed by atoms with Gasteiger partial charge in [0.2, 0.25) is 6.41 Å². The fraction of sp³-hybridized carbons (Fsp3) is 0.154. The minimum absolute atomic E-state index is 0.250. The van der Waals surface area contributed by atoms with Crippen molar-refractivity contribution in [1.29, 1.82) is 0 Å². The van der Waals surface area contributed by atoms with Crippen molar-refractivity contribution in [2.24, 2.45) is 5.73 Å². The molecule has 0 atom stereocenters. The highest BCUT2D eigenvalue weighted by Gasteiger charge is 2.24. The summed E-state index contributed by atoms with van der Waals surface area (Å²) in [6.45, 7) is 0. The Hall–Kier alpha value is -4.26. The summed E-state index contributed by atoms with van der Waals surface area (Å²) >= 11 is 0. The third kappa shape index (κ3) is 3.78. The minimum Gasteiger partial charge on any atom is -0.383 e. The van der Waals surface area contributed by atoms with Crippen LogP contribution in [0.5, 0.6) is 0 Å². The van der Waals surface area contributed by atoms with Crippen LogP contribution in [0.1, 0.15) is 25.3 Å². The lowest BCUT2D eigenvalue weighted by atomic mass is 9.93. The van der Waals surface area contributed by atoms with E-state index in [1.807, 2.05) is 18.2 Å². The van der Waals surface area contributed by atoms with E-state index in [4.69, 9.17) is 15.5 Å². The Labute approximate surface area is 191 Å². The van der Waals surface area contributed by atoms with Crippen molar-refractivity contribution in [3.63, 3.8) is 0 Å². The molecule has 1 aliphatic carbocycles. The van der Waals surface area contributed by atoms with E-state index in [9.17, 15) is 0 Å². The van der Waals surface area contributed by atoms with Crippen molar-refractivity contribution in [3.8, 4) is 22.4 Å². The molecule has 6 rings (SSSR count). The molecule has 7 nitrogen and oxygen atoms in total. The predicted octanol–water partition coefficient (Wildman–Crippen LogP) is 4.72. The maximum atomic E-state index is 8.58. The Kier molecular flexibility index (Phi) is 5.44. The second-order valence-corrected chi connectivity index (χ2v) is 8.10. The van der Waals surface area contributed by atoms with E-state index in [0.717, 1.165) is 44.3 Å². The lowest BCUT2D eigenvalue weighted by Gasteiger charge is -2.27. The molecule has 0 spiro atoms. The van der Waals surface area contributed by atoms with Crippen LogP contribution in [0.25, 0.3) is 44.3 Å². The second-order valence-electron chi connectivity index (χ2n) is 8.10. The van der Waals surface area contributed by atoms with Crippen LogP contribution in [-0.4, -0.2) is 25.9 Å². The molecule has 4 N–H and O–H groups in total. The van der Waals surface area contributed by atoms with Crippen LogP contribution < -0.4 is 11.5 Å². The first-order chi connectivity index (χ1) is 16.2. The molecule has 2 aromatic carbocycles. The fourth-order valence-corrected chi connectivity index (χ4v) is 4.32. The number of hydrogen-bond acceptors (Lipinski definition) is 5. The number of primary amides is 1. The number of carbonyl (C=O) groups is 1. The van der Waals surface area contributed by atoms with E-state index in [-0.39, 0.29) is 6.41 Å². The van der Waals surface area contributed by atoms with Crippen molar-refractivity contribution < 1.29 is 4.79 Å². The van der Waals surface area contributed by atoms with Crippen molar-refractivity contribution >= 4 is 34.2 Å². The molecule has 0 bridgehead atoms. The van der Waals surface area contributed by atoms with E-state index < -0.39 is 0 Å². The topological polar surface area (TPSA) is 113 Å². The Morgan fingerprint density at radius 2 is 1.73 bits per heavy atom. The molecule has 1 aliphatic rings. The van der Waals surface area contributed by atoms with Crippen molar-refractivity contribution in [2.45, 2.75) is 25.3 Å². The normalized spacial score (nSPS) is 13.3. The monoisotopic (exact) mass is 436 g/mol. The molecule has 0 radical (unpaired) electrons. The van der Waals surface area contributed by atoms with Crippen molar-refractivity contribution in [2.75, 3.05) is 5.73 Å². The van der Waals surface area contributed by atoms with Gasteiger partial charge < -0.3 is 16.0 Å². The number of carbonyl (C=O) groups excluding carboxylic acids is 1. The van der Waals surface area contributed by atoms with Crippen LogP contribution in [0.4, 0.5) is 5.82 Å². The number of pyridine rings is 1. The first kappa shape index (κ1) is 20.6. The van der Waals surface area contributed by atoms with E-state index in [1.165, 1.54) is 19.3 Å². The second kappa shape index (κ2) is 8.70. The molecule has 1 saturated carbocycles. The molecular weight excluding hydrogens is 412 g/mol. The van der Waals surface area contributed by atoms with Gasteiger partial charge in [-0.25, -0.2) is 15.0 Å². The zero-order valence-electron chi connectivity index (χ0n) is 18.1. The zero-order chi connectivity index (χ0) is 22.8. The lowest BCUT2D eigenvalue weighted by Crippen LogP contribution is -2.16. The minimum atomic E-state index is 0.250. The number of aromatic nitrogens is 4. The summed E-state index contributed by atoms with van der Waals surface area (Å²) in [5.74, 6) is 0.527. The molecule has 1 amide bonds. The van der Waals surface area contributed by atoms with Crippen molar-refractivity contribution in [1.82, 2.24) is 19.5 Å². The van der Waals surface area contributed by atoms with Crippen LogP contribution in [0.15, 0.2) is 73.2 Å². The van der Waals surface area contributed by atoms with E-state index in [2.05, 4.69) is 68.9 Å². The van der Waals surface area contributed by atoms with Gasteiger partial charge in [-0.2, -0.15) is 0 Å². The molecule has 164 valence electrons. The lowest BCUT2D eigenvalue weighted by molar-refractivity contribution is -0.106. The third-order valence-corrected chi connectivity index (χ3v) is 6.18. The van der Waals surface area contributed by atoms with Gasteiger partial charge in [0.05, 0.1) is 16.6 Å². The quantitative estimate of drug-likeness (QED) is 0.397. The van der Waals surface area contributed by atoms with Crippen LogP contribution in [-0.2, 0) is 4.79 Å². The first-order valence-electron chi connectivity index (χ1n) is 10.9. The molecule has 0 aliphatic heterocycles. The summed E-state index contributed by atoms with van der Waals surface area (Å²) in [6, 6.07) is 21.4. The Bertz CT molecular complexity index is 1440. The summed E-state index contributed by atoms with van der Waals surface area (Å²) in [4.78, 5) is 22.3. The molecule has 5 aromatic rings. The van der Waals surface area contributed by atoms with Gasteiger partial charge in [-0.05, 0) is 37.0 Å². The molecule has 1 fully saturated rings. The molecule has 7 heteroatoms. The number of nitrogen functional groups attached to an aromatic ring is 1. The summed E-state index contributed by atoms with van der Waals surface area (Å²) in [5.41, 5.74) is 16.6. The molecule has 0 unspecified atom stereocenters. The standard InChI is InChI=1S/C25H21N5.CH3NO/c26-24-23-20(14-30(19-7-4-8-19)25(23)28-15-27-24)18-10-9-17-11-12-21(29-22(17)13-18)16-5-2-1-3-6-16;2-1-3/h1-3,5-6,9-15,19H,4,7-8H2,(H2,26,27,28);1H,(H2,2,3). The van der Waals surface area contributed by atoms with E-state index in [1.54, 1.807) is 6.33 Å². The molecule has 33 heavy (non-hydrogen) atoms. The Morgan fingerprint density at radius 3 is 2.45 bits per heavy atom. The van der Waals surface area contributed by atoms with Gasteiger partial charge in [-0.3, -0.25) is 4.79 Å². The summed E-state index contributed by atoms with van der Waals surface area (Å²) in [5, 5.41) is 2.05. The molecule has 3 heterocycles. The Balaban J connectivity index is 0.000000724. The molecule has 3 aromatic heterocycles. The van der Waals surface area contributed by atoms with Gasteiger partial charge in [0.1, 0.15) is 17.8 Å². The highest BCUT2D eigenvalue weighted by Crippen LogP contribution is 2.40. The summed E-state index contributed by atoms with van der Waals surface area (Å²) in [7, 11) is 0. The first-order valence-corrected chi connectivity index (χ1v) is 10.9. The average molecular weight is 437 g/mol. The number of anilines is 1. The summed E-state index contributed by atoms with van der Waals surface area (Å²) < 4.78 is 2.28. The largest absolute Gasteiger partial charge is 0.383 e. The fourth-order valence-electron chi connectivity index (χ4n) is 4.32. The number of rotatable bonds is 3. The highest BCUT2D eigenvalue weighted by atomic mass is 16.1.